The predicted octanol–water partition coefficient (Wildman–Crippen LogP) is 0.239. The zero-order valence-corrected chi connectivity index (χ0v) is 11.6. The summed E-state index contributed by atoms with van der Waals surface area (Å²) in [5.74, 6) is -1.23. The highest BCUT2D eigenvalue weighted by Crippen LogP contribution is 2.13. The molecule has 10 heteroatoms. The number of hydrogen-bond donors (Lipinski definition) is 5. The number of aliphatic hydroxyl groups excluding tert-OH is 1. The summed E-state index contributed by atoms with van der Waals surface area (Å²) in [7, 11) is 2.97. The van der Waals surface area contributed by atoms with Crippen molar-refractivity contribution in [2.75, 3.05) is 27.2 Å². The van der Waals surface area contributed by atoms with Crippen LogP contribution in [-0.2, 0) is 0 Å². The highest BCUT2D eigenvalue weighted by Gasteiger charge is 2.28. The van der Waals surface area contributed by atoms with Crippen molar-refractivity contribution in [2.45, 2.75) is 12.2 Å². The largest absolute Gasteiger partial charge is 0.405 e. The first-order valence-corrected chi connectivity index (χ1v) is 5.83. The number of nitrogens with zero attached hydrogens (tertiary/aromatic N) is 1. The van der Waals surface area contributed by atoms with Crippen molar-refractivity contribution in [1.82, 2.24) is 15.5 Å². The van der Waals surface area contributed by atoms with Gasteiger partial charge in [-0.05, 0) is 0 Å². The van der Waals surface area contributed by atoms with E-state index >= 15 is 0 Å². The van der Waals surface area contributed by atoms with Crippen LogP contribution >= 0.6 is 0 Å². The molecule has 0 aliphatic heterocycles. The molecular formula is C11H19F4N5O. The Morgan fingerprint density at radius 2 is 2.00 bits per heavy atom. The number of rotatable bonds is 8. The van der Waals surface area contributed by atoms with Crippen LogP contribution in [0, 0.1) is 5.41 Å². The molecule has 0 aliphatic carbocycles. The zero-order valence-electron chi connectivity index (χ0n) is 11.6. The third-order valence-electron chi connectivity index (χ3n) is 2.36. The molecule has 0 bridgehead atoms. The Morgan fingerprint density at radius 3 is 2.33 bits per heavy atom. The van der Waals surface area contributed by atoms with Gasteiger partial charge in [-0.1, -0.05) is 0 Å². The van der Waals surface area contributed by atoms with Crippen molar-refractivity contribution >= 4 is 5.97 Å². The quantitative estimate of drug-likeness (QED) is 0.327. The van der Waals surface area contributed by atoms with Gasteiger partial charge in [0, 0.05) is 26.5 Å². The monoisotopic (exact) mass is 313 g/mol. The molecule has 0 aliphatic rings. The molecule has 0 aromatic heterocycles. The second-order valence-corrected chi connectivity index (χ2v) is 4.23. The average Bonchev–Trinajstić information content (AvgIpc) is 2.34. The minimum Gasteiger partial charge on any atom is -0.403 e. The lowest BCUT2D eigenvalue weighted by Crippen LogP contribution is -2.41. The average molecular weight is 313 g/mol. The molecule has 0 saturated heterocycles. The van der Waals surface area contributed by atoms with Crippen molar-refractivity contribution in [3.8, 4) is 0 Å². The third-order valence-corrected chi connectivity index (χ3v) is 2.36. The van der Waals surface area contributed by atoms with Gasteiger partial charge in [0.15, 0.2) is 0 Å². The lowest BCUT2D eigenvalue weighted by atomic mass is 10.2. The Labute approximate surface area is 119 Å². The summed E-state index contributed by atoms with van der Waals surface area (Å²) >= 11 is 0. The molecule has 0 radical (unpaired) electrons. The van der Waals surface area contributed by atoms with E-state index in [1.807, 2.05) is 5.32 Å². The lowest BCUT2D eigenvalue weighted by molar-refractivity contribution is -0.123. The summed E-state index contributed by atoms with van der Waals surface area (Å²) in [5.41, 5.74) is 4.97. The maximum Gasteiger partial charge on any atom is 0.405 e. The molecule has 0 amide bonds. The van der Waals surface area contributed by atoms with E-state index in [2.05, 4.69) is 5.32 Å². The Morgan fingerprint density at radius 1 is 1.43 bits per heavy atom. The van der Waals surface area contributed by atoms with Gasteiger partial charge in [-0.25, -0.2) is 0 Å². The normalized spacial score (nSPS) is 14.6. The Bertz CT molecular complexity index is 406. The molecule has 21 heavy (non-hydrogen) atoms. The summed E-state index contributed by atoms with van der Waals surface area (Å²) in [4.78, 5) is 1.29. The number of allylic oxidation sites excluding steroid dienone is 1. The summed E-state index contributed by atoms with van der Waals surface area (Å²) in [6.07, 6.45) is -2.49. The molecule has 0 fully saturated rings. The van der Waals surface area contributed by atoms with Gasteiger partial charge in [0.05, 0.1) is 18.3 Å². The van der Waals surface area contributed by atoms with Gasteiger partial charge in [0.2, 0.25) is 5.97 Å². The summed E-state index contributed by atoms with van der Waals surface area (Å²) < 4.78 is 49.3. The van der Waals surface area contributed by atoms with E-state index in [9.17, 15) is 22.7 Å². The number of nitrogens with two attached hydrogens (primary N) is 1. The number of aliphatic hydroxyl groups is 1. The Balaban J connectivity index is 4.90. The van der Waals surface area contributed by atoms with Gasteiger partial charge < -0.3 is 26.4 Å². The van der Waals surface area contributed by atoms with Crippen LogP contribution in [0.5, 0.6) is 0 Å². The van der Waals surface area contributed by atoms with E-state index < -0.39 is 31.3 Å². The topological polar surface area (TPSA) is 97.4 Å². The molecule has 1 atom stereocenters. The lowest BCUT2D eigenvalue weighted by Gasteiger charge is -2.22. The van der Waals surface area contributed by atoms with Gasteiger partial charge in [0.1, 0.15) is 12.2 Å². The van der Waals surface area contributed by atoms with Crippen LogP contribution < -0.4 is 16.4 Å². The molecule has 0 spiro atoms. The maximum absolute atomic E-state index is 12.9. The fourth-order valence-corrected chi connectivity index (χ4v) is 1.31. The molecule has 1 unspecified atom stereocenters. The Hall–Kier alpha value is -1.97. The van der Waals surface area contributed by atoms with Crippen LogP contribution in [0.1, 0.15) is 0 Å². The first-order chi connectivity index (χ1) is 9.62. The standard InChI is InChI=1S/C11H19F4N5O/c1-20(2)9(10(12)17)4-18-8(5-21)7(3-16)19-6-11(13,14)15/h3-4,8,17-19,21H,5-6,16H2,1-2H3/b7-3-,9-4+,17-10?. The molecule has 0 aromatic rings. The van der Waals surface area contributed by atoms with Crippen molar-refractivity contribution in [2.24, 2.45) is 5.73 Å². The summed E-state index contributed by atoms with van der Waals surface area (Å²) in [5, 5.41) is 20.6. The highest BCUT2D eigenvalue weighted by molar-refractivity contribution is 5.88. The predicted molar refractivity (Wildman–Crippen MR) is 70.9 cm³/mol. The number of alkyl halides is 3. The van der Waals surface area contributed by atoms with E-state index in [0.717, 1.165) is 12.4 Å². The first-order valence-electron chi connectivity index (χ1n) is 5.83. The molecule has 122 valence electrons. The van der Waals surface area contributed by atoms with Crippen LogP contribution in [0.2, 0.25) is 0 Å². The SMILES string of the molecule is CN(C)/C(=C/NC(CO)/C(=C/N)NCC(F)(F)F)C(=N)F. The minimum absolute atomic E-state index is 0.102. The van der Waals surface area contributed by atoms with Gasteiger partial charge in [-0.15, -0.1) is 0 Å². The molecule has 0 heterocycles. The number of halogens is 4. The second kappa shape index (κ2) is 8.35. The van der Waals surface area contributed by atoms with Crippen molar-refractivity contribution in [1.29, 1.82) is 5.41 Å². The molecule has 0 rings (SSSR count). The van der Waals surface area contributed by atoms with E-state index in [-0.39, 0.29) is 11.4 Å². The smallest absolute Gasteiger partial charge is 0.403 e. The summed E-state index contributed by atoms with van der Waals surface area (Å²) in [6.45, 7) is -1.90. The van der Waals surface area contributed by atoms with E-state index in [1.54, 1.807) is 0 Å². The van der Waals surface area contributed by atoms with Gasteiger partial charge in [0.25, 0.3) is 0 Å². The van der Waals surface area contributed by atoms with Crippen molar-refractivity contribution in [3.05, 3.63) is 23.8 Å². The molecular weight excluding hydrogens is 294 g/mol. The van der Waals surface area contributed by atoms with Crippen LogP contribution in [0.15, 0.2) is 23.8 Å². The number of hydrogen-bond acceptors (Lipinski definition) is 6. The molecule has 6 N–H and O–H groups in total. The van der Waals surface area contributed by atoms with Gasteiger partial charge >= 0.3 is 6.18 Å². The van der Waals surface area contributed by atoms with Crippen molar-refractivity contribution < 1.29 is 22.7 Å². The highest BCUT2D eigenvalue weighted by atomic mass is 19.4. The zero-order chi connectivity index (χ0) is 16.6. The van der Waals surface area contributed by atoms with Crippen LogP contribution in [0.4, 0.5) is 17.6 Å². The molecule has 0 aromatic carbocycles. The van der Waals surface area contributed by atoms with Crippen LogP contribution in [0.3, 0.4) is 0 Å². The third kappa shape index (κ3) is 7.40. The Kier molecular flexibility index (Phi) is 7.56. The van der Waals surface area contributed by atoms with Gasteiger partial charge in [-0.3, -0.25) is 5.41 Å². The van der Waals surface area contributed by atoms with Crippen LogP contribution in [-0.4, -0.2) is 55.4 Å². The van der Waals surface area contributed by atoms with Crippen LogP contribution in [0.25, 0.3) is 0 Å². The fourth-order valence-electron chi connectivity index (χ4n) is 1.31. The second-order valence-electron chi connectivity index (χ2n) is 4.23. The first kappa shape index (κ1) is 19.0. The fraction of sp³-hybridized carbons (Fsp3) is 0.545. The van der Waals surface area contributed by atoms with Crippen molar-refractivity contribution in [3.63, 3.8) is 0 Å². The molecule has 6 nitrogen and oxygen atoms in total. The summed E-state index contributed by atoms with van der Waals surface area (Å²) in [6, 6.07) is -0.994. The minimum atomic E-state index is -4.44. The van der Waals surface area contributed by atoms with E-state index in [0.29, 0.717) is 0 Å². The maximum atomic E-state index is 12.9. The van der Waals surface area contributed by atoms with Gasteiger partial charge in [-0.2, -0.15) is 17.6 Å². The van der Waals surface area contributed by atoms with E-state index in [4.69, 9.17) is 11.1 Å². The van der Waals surface area contributed by atoms with E-state index in [1.165, 1.54) is 19.0 Å². The number of nitrogens with one attached hydrogen (secondary N) is 3. The molecule has 0 saturated carbocycles.